The summed E-state index contributed by atoms with van der Waals surface area (Å²) in [6, 6.07) is 12.5. The lowest BCUT2D eigenvalue weighted by Gasteiger charge is -2.17. The highest BCUT2D eigenvalue weighted by atomic mass is 16.2. The highest BCUT2D eigenvalue weighted by molar-refractivity contribution is 6.00. The Labute approximate surface area is 151 Å². The number of carbonyl (C=O) groups excluding carboxylic acids is 3. The van der Waals surface area contributed by atoms with Crippen LogP contribution in [0.4, 0.5) is 11.4 Å². The summed E-state index contributed by atoms with van der Waals surface area (Å²) in [4.78, 5) is 41.5. The van der Waals surface area contributed by atoms with Crippen molar-refractivity contribution in [2.45, 2.75) is 19.9 Å². The Morgan fingerprint density at radius 2 is 1.96 bits per heavy atom. The molecular weight excluding hydrogens is 332 g/mol. The average molecular weight is 352 g/mol. The number of amides is 3. The van der Waals surface area contributed by atoms with Gasteiger partial charge in [-0.15, -0.1) is 0 Å². The normalized spacial score (nSPS) is 16.4. The molecule has 0 saturated carbocycles. The fraction of sp³-hybridized carbons (Fsp3) is 0.263. The zero-order valence-corrected chi connectivity index (χ0v) is 14.4. The summed E-state index contributed by atoms with van der Waals surface area (Å²) >= 11 is 0. The van der Waals surface area contributed by atoms with Crippen LogP contribution in [0.5, 0.6) is 0 Å². The van der Waals surface area contributed by atoms with Crippen LogP contribution in [0, 0.1) is 5.92 Å². The van der Waals surface area contributed by atoms with E-state index in [1.807, 2.05) is 18.2 Å². The van der Waals surface area contributed by atoms with E-state index in [0.717, 1.165) is 5.69 Å². The van der Waals surface area contributed by atoms with Gasteiger partial charge >= 0.3 is 0 Å². The van der Waals surface area contributed by atoms with Gasteiger partial charge in [0, 0.05) is 37.5 Å². The van der Waals surface area contributed by atoms with Crippen LogP contribution in [0.3, 0.4) is 0 Å². The molecule has 2 N–H and O–H groups in total. The lowest BCUT2D eigenvalue weighted by molar-refractivity contribution is -0.126. The molecular formula is C19H20N4O3. The summed E-state index contributed by atoms with van der Waals surface area (Å²) in [5.41, 5.74) is 2.15. The molecule has 134 valence electrons. The van der Waals surface area contributed by atoms with Gasteiger partial charge in [0.05, 0.1) is 18.2 Å². The average Bonchev–Trinajstić information content (AvgIpc) is 3.02. The van der Waals surface area contributed by atoms with E-state index in [1.165, 1.54) is 6.92 Å². The van der Waals surface area contributed by atoms with Crippen molar-refractivity contribution in [2.75, 3.05) is 16.8 Å². The summed E-state index contributed by atoms with van der Waals surface area (Å²) in [7, 11) is 0. The maximum Gasteiger partial charge on any atom is 0.227 e. The van der Waals surface area contributed by atoms with Crippen molar-refractivity contribution in [3.63, 3.8) is 0 Å². The topological polar surface area (TPSA) is 91.4 Å². The van der Waals surface area contributed by atoms with Crippen LogP contribution < -0.4 is 15.5 Å². The number of nitrogens with one attached hydrogen (secondary N) is 2. The van der Waals surface area contributed by atoms with Gasteiger partial charge < -0.3 is 15.5 Å². The number of hydrogen-bond acceptors (Lipinski definition) is 4. The summed E-state index contributed by atoms with van der Waals surface area (Å²) in [6.45, 7) is 2.12. The van der Waals surface area contributed by atoms with E-state index in [4.69, 9.17) is 0 Å². The summed E-state index contributed by atoms with van der Waals surface area (Å²) in [5, 5.41) is 5.52. The minimum Gasteiger partial charge on any atom is -0.350 e. The van der Waals surface area contributed by atoms with E-state index >= 15 is 0 Å². The highest BCUT2D eigenvalue weighted by Crippen LogP contribution is 2.26. The third-order valence-electron chi connectivity index (χ3n) is 4.17. The van der Waals surface area contributed by atoms with E-state index < -0.39 is 0 Å². The number of hydrogen-bond donors (Lipinski definition) is 2. The van der Waals surface area contributed by atoms with Crippen molar-refractivity contribution in [2.24, 2.45) is 5.92 Å². The third kappa shape index (κ3) is 4.24. The number of anilines is 2. The zero-order chi connectivity index (χ0) is 18.5. The maximum atomic E-state index is 12.4. The van der Waals surface area contributed by atoms with Gasteiger partial charge in [0.2, 0.25) is 17.7 Å². The SMILES string of the molecule is CC(=O)Nc1ccc(N2CC(C(=O)NCc3ccccn3)CC2=O)cc1. The third-order valence-corrected chi connectivity index (χ3v) is 4.17. The standard InChI is InChI=1S/C19H20N4O3/c1-13(24)22-15-5-7-17(8-6-15)23-12-14(10-18(23)25)19(26)21-11-16-4-2-3-9-20-16/h2-9,14H,10-12H2,1H3,(H,21,26)(H,22,24). The molecule has 0 spiro atoms. The molecule has 2 aromatic rings. The lowest BCUT2D eigenvalue weighted by Crippen LogP contribution is -2.32. The van der Waals surface area contributed by atoms with Gasteiger partial charge in [0.1, 0.15) is 0 Å². The molecule has 26 heavy (non-hydrogen) atoms. The van der Waals surface area contributed by atoms with Gasteiger partial charge in [0.25, 0.3) is 0 Å². The van der Waals surface area contributed by atoms with Crippen LogP contribution in [0.1, 0.15) is 19.0 Å². The van der Waals surface area contributed by atoms with Crippen LogP contribution in [-0.2, 0) is 20.9 Å². The fourth-order valence-electron chi connectivity index (χ4n) is 2.89. The number of carbonyl (C=O) groups is 3. The molecule has 1 aliphatic heterocycles. The largest absolute Gasteiger partial charge is 0.350 e. The molecule has 1 fully saturated rings. The number of pyridine rings is 1. The minimum absolute atomic E-state index is 0.0877. The molecule has 0 radical (unpaired) electrons. The quantitative estimate of drug-likeness (QED) is 0.857. The van der Waals surface area contributed by atoms with E-state index in [9.17, 15) is 14.4 Å². The van der Waals surface area contributed by atoms with Gasteiger partial charge in [-0.2, -0.15) is 0 Å². The molecule has 0 aliphatic carbocycles. The predicted molar refractivity (Wildman–Crippen MR) is 97.3 cm³/mol. The second kappa shape index (κ2) is 7.77. The lowest BCUT2D eigenvalue weighted by atomic mass is 10.1. The van der Waals surface area contributed by atoms with Crippen LogP contribution >= 0.6 is 0 Å². The first-order chi connectivity index (χ1) is 12.5. The minimum atomic E-state index is -0.388. The Bertz CT molecular complexity index is 805. The van der Waals surface area contributed by atoms with E-state index in [-0.39, 0.29) is 30.1 Å². The summed E-state index contributed by atoms with van der Waals surface area (Å²) < 4.78 is 0. The smallest absolute Gasteiger partial charge is 0.227 e. The monoisotopic (exact) mass is 352 g/mol. The zero-order valence-electron chi connectivity index (χ0n) is 14.4. The van der Waals surface area contributed by atoms with Gasteiger partial charge in [-0.05, 0) is 36.4 Å². The van der Waals surface area contributed by atoms with Crippen LogP contribution in [-0.4, -0.2) is 29.3 Å². The molecule has 2 heterocycles. The van der Waals surface area contributed by atoms with E-state index in [2.05, 4.69) is 15.6 Å². The second-order valence-corrected chi connectivity index (χ2v) is 6.17. The molecule has 1 saturated heterocycles. The molecule has 0 bridgehead atoms. The highest BCUT2D eigenvalue weighted by Gasteiger charge is 2.35. The number of nitrogens with zero attached hydrogens (tertiary/aromatic N) is 2. The van der Waals surface area contributed by atoms with Crippen LogP contribution in [0.15, 0.2) is 48.7 Å². The molecule has 3 rings (SSSR count). The molecule has 1 atom stereocenters. The first kappa shape index (κ1) is 17.6. The van der Waals surface area contributed by atoms with Crippen molar-refractivity contribution in [1.82, 2.24) is 10.3 Å². The number of rotatable bonds is 5. The van der Waals surface area contributed by atoms with E-state index in [1.54, 1.807) is 35.4 Å². The van der Waals surface area contributed by atoms with Crippen molar-refractivity contribution in [1.29, 1.82) is 0 Å². The second-order valence-electron chi connectivity index (χ2n) is 6.17. The summed E-state index contributed by atoms with van der Waals surface area (Å²) in [6.07, 6.45) is 1.86. The molecule has 1 aromatic heterocycles. The van der Waals surface area contributed by atoms with Gasteiger partial charge in [-0.25, -0.2) is 0 Å². The molecule has 1 aliphatic rings. The Hall–Kier alpha value is -3.22. The van der Waals surface area contributed by atoms with E-state index in [0.29, 0.717) is 24.5 Å². The Morgan fingerprint density at radius 1 is 1.19 bits per heavy atom. The van der Waals surface area contributed by atoms with Crippen LogP contribution in [0.25, 0.3) is 0 Å². The first-order valence-corrected chi connectivity index (χ1v) is 8.38. The molecule has 1 aromatic carbocycles. The maximum absolute atomic E-state index is 12.4. The summed E-state index contributed by atoms with van der Waals surface area (Å²) in [5.74, 6) is -0.780. The molecule has 7 nitrogen and oxygen atoms in total. The Morgan fingerprint density at radius 3 is 2.62 bits per heavy atom. The molecule has 7 heteroatoms. The van der Waals surface area contributed by atoms with Gasteiger partial charge in [-0.3, -0.25) is 19.4 Å². The number of benzene rings is 1. The van der Waals surface area contributed by atoms with Crippen molar-refractivity contribution in [3.05, 3.63) is 54.4 Å². The van der Waals surface area contributed by atoms with Gasteiger partial charge in [0.15, 0.2) is 0 Å². The first-order valence-electron chi connectivity index (χ1n) is 8.38. The number of aromatic nitrogens is 1. The molecule has 1 unspecified atom stereocenters. The van der Waals surface area contributed by atoms with Crippen LogP contribution in [0.2, 0.25) is 0 Å². The molecule has 3 amide bonds. The van der Waals surface area contributed by atoms with Gasteiger partial charge in [-0.1, -0.05) is 6.07 Å². The van der Waals surface area contributed by atoms with Crippen molar-refractivity contribution >= 4 is 29.1 Å². The fourth-order valence-corrected chi connectivity index (χ4v) is 2.89. The predicted octanol–water partition coefficient (Wildman–Crippen LogP) is 1.71. The van der Waals surface area contributed by atoms with Crippen molar-refractivity contribution < 1.29 is 14.4 Å². The Balaban J connectivity index is 1.59. The Kier molecular flexibility index (Phi) is 5.26. The van der Waals surface area contributed by atoms with Crippen molar-refractivity contribution in [3.8, 4) is 0 Å².